The zero-order valence-corrected chi connectivity index (χ0v) is 10.2. The lowest BCUT2D eigenvalue weighted by molar-refractivity contribution is -0.142. The van der Waals surface area contributed by atoms with E-state index in [4.69, 9.17) is 21.1 Å². The second kappa shape index (κ2) is 6.38. The third-order valence-corrected chi connectivity index (χ3v) is 2.28. The topological polar surface area (TPSA) is 35.5 Å². The van der Waals surface area contributed by atoms with Gasteiger partial charge >= 0.3 is 5.97 Å². The van der Waals surface area contributed by atoms with Crippen molar-refractivity contribution in [1.82, 2.24) is 0 Å². The minimum atomic E-state index is -0.262. The third kappa shape index (κ3) is 3.74. The molecule has 0 unspecified atom stereocenters. The SMILES string of the molecule is CCCOC(=O)Cc1cc(Cl)ccc1OC. The van der Waals surface area contributed by atoms with Crippen LogP contribution in [0.2, 0.25) is 5.02 Å². The summed E-state index contributed by atoms with van der Waals surface area (Å²) in [6, 6.07) is 5.18. The maximum absolute atomic E-state index is 11.4. The van der Waals surface area contributed by atoms with Gasteiger partial charge in [-0.05, 0) is 24.6 Å². The maximum atomic E-state index is 11.4. The Labute approximate surface area is 100 Å². The first-order chi connectivity index (χ1) is 7.67. The van der Waals surface area contributed by atoms with Gasteiger partial charge in [-0.25, -0.2) is 0 Å². The molecule has 1 aromatic rings. The molecule has 0 amide bonds. The number of carbonyl (C=O) groups excluding carboxylic acids is 1. The van der Waals surface area contributed by atoms with Gasteiger partial charge in [0, 0.05) is 10.6 Å². The predicted octanol–water partition coefficient (Wildman–Crippen LogP) is 2.84. The Hall–Kier alpha value is -1.22. The molecule has 0 heterocycles. The second-order valence-corrected chi connectivity index (χ2v) is 3.79. The van der Waals surface area contributed by atoms with Crippen molar-refractivity contribution >= 4 is 17.6 Å². The molecule has 16 heavy (non-hydrogen) atoms. The zero-order valence-electron chi connectivity index (χ0n) is 9.46. The molecule has 1 aromatic carbocycles. The van der Waals surface area contributed by atoms with Gasteiger partial charge in [-0.15, -0.1) is 0 Å². The highest BCUT2D eigenvalue weighted by Crippen LogP contribution is 2.23. The molecule has 4 heteroatoms. The average molecular weight is 243 g/mol. The normalized spacial score (nSPS) is 9.94. The number of esters is 1. The number of hydrogen-bond acceptors (Lipinski definition) is 3. The van der Waals surface area contributed by atoms with Crippen LogP contribution in [-0.4, -0.2) is 19.7 Å². The fourth-order valence-corrected chi connectivity index (χ4v) is 1.50. The van der Waals surface area contributed by atoms with Crippen LogP contribution in [0, 0.1) is 0 Å². The number of carbonyl (C=O) groups is 1. The fraction of sp³-hybridized carbons (Fsp3) is 0.417. The molecule has 0 saturated carbocycles. The smallest absolute Gasteiger partial charge is 0.310 e. The monoisotopic (exact) mass is 242 g/mol. The van der Waals surface area contributed by atoms with Gasteiger partial charge in [-0.2, -0.15) is 0 Å². The Morgan fingerprint density at radius 2 is 2.19 bits per heavy atom. The van der Waals surface area contributed by atoms with Gasteiger partial charge in [0.25, 0.3) is 0 Å². The fourth-order valence-electron chi connectivity index (χ4n) is 1.31. The Kier molecular flexibility index (Phi) is 5.12. The highest BCUT2D eigenvalue weighted by molar-refractivity contribution is 6.30. The summed E-state index contributed by atoms with van der Waals surface area (Å²) in [6.45, 7) is 2.40. The summed E-state index contributed by atoms with van der Waals surface area (Å²) in [5.41, 5.74) is 0.746. The van der Waals surface area contributed by atoms with Crippen LogP contribution in [0.15, 0.2) is 18.2 Å². The van der Waals surface area contributed by atoms with Crippen LogP contribution in [0.3, 0.4) is 0 Å². The number of halogens is 1. The van der Waals surface area contributed by atoms with Gasteiger partial charge in [-0.3, -0.25) is 4.79 Å². The lowest BCUT2D eigenvalue weighted by Gasteiger charge is -2.08. The quantitative estimate of drug-likeness (QED) is 0.745. The zero-order chi connectivity index (χ0) is 12.0. The van der Waals surface area contributed by atoms with E-state index < -0.39 is 0 Å². The first-order valence-electron chi connectivity index (χ1n) is 5.15. The molecule has 0 aromatic heterocycles. The van der Waals surface area contributed by atoms with Crippen LogP contribution < -0.4 is 4.74 Å². The number of hydrogen-bond donors (Lipinski definition) is 0. The van der Waals surface area contributed by atoms with Crippen molar-refractivity contribution in [3.05, 3.63) is 28.8 Å². The van der Waals surface area contributed by atoms with E-state index in [2.05, 4.69) is 0 Å². The van der Waals surface area contributed by atoms with E-state index >= 15 is 0 Å². The van der Waals surface area contributed by atoms with E-state index in [-0.39, 0.29) is 12.4 Å². The molecule has 0 fully saturated rings. The van der Waals surface area contributed by atoms with Gasteiger partial charge in [0.15, 0.2) is 0 Å². The highest BCUT2D eigenvalue weighted by Gasteiger charge is 2.10. The van der Waals surface area contributed by atoms with Crippen molar-refractivity contribution in [3.8, 4) is 5.75 Å². The van der Waals surface area contributed by atoms with Crippen molar-refractivity contribution in [3.63, 3.8) is 0 Å². The molecule has 0 radical (unpaired) electrons. The van der Waals surface area contributed by atoms with Crippen LogP contribution in [0.25, 0.3) is 0 Å². The first-order valence-corrected chi connectivity index (χ1v) is 5.53. The van der Waals surface area contributed by atoms with Crippen LogP contribution in [-0.2, 0) is 16.0 Å². The Morgan fingerprint density at radius 3 is 2.81 bits per heavy atom. The van der Waals surface area contributed by atoms with Gasteiger partial charge in [0.2, 0.25) is 0 Å². The molecular weight excluding hydrogens is 228 g/mol. The summed E-state index contributed by atoms with van der Waals surface area (Å²) in [5, 5.41) is 0.582. The highest BCUT2D eigenvalue weighted by atomic mass is 35.5. The number of benzene rings is 1. The van der Waals surface area contributed by atoms with Gasteiger partial charge in [0.05, 0.1) is 20.1 Å². The largest absolute Gasteiger partial charge is 0.496 e. The van der Waals surface area contributed by atoms with Gasteiger partial charge in [0.1, 0.15) is 5.75 Å². The Morgan fingerprint density at radius 1 is 1.44 bits per heavy atom. The standard InChI is InChI=1S/C12H15ClO3/c1-3-6-16-12(14)8-9-7-10(13)4-5-11(9)15-2/h4-5,7H,3,6,8H2,1-2H3. The lowest BCUT2D eigenvalue weighted by Crippen LogP contribution is -2.09. The van der Waals surface area contributed by atoms with Crippen molar-refractivity contribution in [2.24, 2.45) is 0 Å². The van der Waals surface area contributed by atoms with Crippen LogP contribution in [0.5, 0.6) is 5.75 Å². The van der Waals surface area contributed by atoms with Crippen LogP contribution in [0.4, 0.5) is 0 Å². The van der Waals surface area contributed by atoms with E-state index in [0.29, 0.717) is 17.4 Å². The van der Waals surface area contributed by atoms with E-state index in [1.807, 2.05) is 6.92 Å². The predicted molar refractivity (Wildman–Crippen MR) is 63.0 cm³/mol. The van der Waals surface area contributed by atoms with Crippen molar-refractivity contribution in [2.45, 2.75) is 19.8 Å². The molecular formula is C12H15ClO3. The molecule has 0 aliphatic rings. The van der Waals surface area contributed by atoms with Crippen LogP contribution >= 0.6 is 11.6 Å². The Balaban J connectivity index is 2.71. The van der Waals surface area contributed by atoms with Crippen molar-refractivity contribution in [2.75, 3.05) is 13.7 Å². The molecule has 0 saturated heterocycles. The molecule has 0 spiro atoms. The molecule has 0 aliphatic heterocycles. The van der Waals surface area contributed by atoms with E-state index in [9.17, 15) is 4.79 Å². The van der Waals surface area contributed by atoms with Gasteiger partial charge < -0.3 is 9.47 Å². The number of methoxy groups -OCH3 is 1. The molecule has 0 bridgehead atoms. The van der Waals surface area contributed by atoms with E-state index in [1.54, 1.807) is 25.3 Å². The second-order valence-electron chi connectivity index (χ2n) is 3.35. The summed E-state index contributed by atoms with van der Waals surface area (Å²) in [7, 11) is 1.56. The summed E-state index contributed by atoms with van der Waals surface area (Å²) >= 11 is 5.85. The molecule has 0 N–H and O–H groups in total. The first kappa shape index (κ1) is 12.8. The number of ether oxygens (including phenoxy) is 2. The molecule has 88 valence electrons. The maximum Gasteiger partial charge on any atom is 0.310 e. The minimum absolute atomic E-state index is 0.184. The Bertz CT molecular complexity index is 363. The summed E-state index contributed by atoms with van der Waals surface area (Å²) in [6.07, 6.45) is 1.00. The summed E-state index contributed by atoms with van der Waals surface area (Å²) < 4.78 is 10.1. The van der Waals surface area contributed by atoms with Crippen molar-refractivity contribution in [1.29, 1.82) is 0 Å². The number of rotatable bonds is 5. The molecule has 0 atom stereocenters. The molecule has 3 nitrogen and oxygen atoms in total. The van der Waals surface area contributed by atoms with E-state index in [1.165, 1.54) is 0 Å². The van der Waals surface area contributed by atoms with Gasteiger partial charge in [-0.1, -0.05) is 18.5 Å². The molecule has 0 aliphatic carbocycles. The summed E-state index contributed by atoms with van der Waals surface area (Å²) in [4.78, 5) is 11.4. The molecule has 1 rings (SSSR count). The third-order valence-electron chi connectivity index (χ3n) is 2.04. The van der Waals surface area contributed by atoms with Crippen molar-refractivity contribution < 1.29 is 14.3 Å². The van der Waals surface area contributed by atoms with E-state index in [0.717, 1.165) is 12.0 Å². The lowest BCUT2D eigenvalue weighted by atomic mass is 10.1. The minimum Gasteiger partial charge on any atom is -0.496 e. The average Bonchev–Trinajstić information content (AvgIpc) is 2.27. The summed E-state index contributed by atoms with van der Waals surface area (Å²) in [5.74, 6) is 0.389. The van der Waals surface area contributed by atoms with Crippen LogP contribution in [0.1, 0.15) is 18.9 Å².